The molecule has 0 bridgehead atoms. The van der Waals surface area contributed by atoms with Gasteiger partial charge in [-0.3, -0.25) is 9.59 Å². The first kappa shape index (κ1) is 14.8. The largest absolute Gasteiger partial charge is 0.478 e. The number of anilines is 1. The number of nitrogens with one attached hydrogen (secondary N) is 1. The lowest BCUT2D eigenvalue weighted by Gasteiger charge is -2.08. The number of rotatable bonds is 6. The van der Waals surface area contributed by atoms with Gasteiger partial charge < -0.3 is 15.5 Å². The monoisotopic (exact) mass is 265 g/mol. The van der Waals surface area contributed by atoms with Gasteiger partial charge in [0.25, 0.3) is 0 Å². The van der Waals surface area contributed by atoms with Crippen LogP contribution < -0.4 is 5.32 Å². The average Bonchev–Trinajstić information content (AvgIpc) is 2.37. The van der Waals surface area contributed by atoms with Crippen molar-refractivity contribution in [2.75, 3.05) is 11.9 Å². The van der Waals surface area contributed by atoms with E-state index in [2.05, 4.69) is 5.32 Å². The Labute approximate surface area is 110 Å². The third-order valence-corrected chi connectivity index (χ3v) is 2.41. The first-order valence-corrected chi connectivity index (χ1v) is 5.80. The topological polar surface area (TPSA) is 104 Å². The van der Waals surface area contributed by atoms with Crippen LogP contribution in [-0.2, 0) is 4.79 Å². The fourth-order valence-electron chi connectivity index (χ4n) is 1.53. The van der Waals surface area contributed by atoms with E-state index in [1.807, 2.05) is 6.92 Å². The van der Waals surface area contributed by atoms with E-state index < -0.39 is 18.4 Å². The van der Waals surface area contributed by atoms with Crippen molar-refractivity contribution in [3.63, 3.8) is 0 Å². The van der Waals surface area contributed by atoms with Crippen LogP contribution in [0.25, 0.3) is 0 Å². The molecule has 0 saturated carbocycles. The van der Waals surface area contributed by atoms with E-state index in [9.17, 15) is 14.4 Å². The molecule has 0 radical (unpaired) electrons. The lowest BCUT2D eigenvalue weighted by molar-refractivity contribution is -0.116. The molecule has 102 valence electrons. The molecule has 6 heteroatoms. The average molecular weight is 265 g/mol. The number of Topliss-reactive ketones (excluding diaryl/α,β-unsaturated/α-hetero) is 1. The quantitative estimate of drug-likeness (QED) is 0.672. The summed E-state index contributed by atoms with van der Waals surface area (Å²) in [4.78, 5) is 33.8. The molecule has 19 heavy (non-hydrogen) atoms. The molecule has 0 atom stereocenters. The van der Waals surface area contributed by atoms with Crippen molar-refractivity contribution in [3.05, 3.63) is 29.3 Å². The van der Waals surface area contributed by atoms with Gasteiger partial charge in [-0.25, -0.2) is 4.79 Å². The maximum Gasteiger partial charge on any atom is 0.335 e. The summed E-state index contributed by atoms with van der Waals surface area (Å²) in [7, 11) is 0. The molecule has 0 heterocycles. The molecule has 1 aromatic rings. The van der Waals surface area contributed by atoms with E-state index in [0.29, 0.717) is 12.8 Å². The summed E-state index contributed by atoms with van der Waals surface area (Å²) in [6.45, 7) is 1.12. The maximum absolute atomic E-state index is 11.5. The lowest BCUT2D eigenvalue weighted by atomic mass is 10.1. The summed E-state index contributed by atoms with van der Waals surface area (Å²) in [5.74, 6) is -2.07. The van der Waals surface area contributed by atoms with E-state index in [-0.39, 0.29) is 22.7 Å². The second-order valence-electron chi connectivity index (χ2n) is 3.98. The molecule has 0 aliphatic rings. The van der Waals surface area contributed by atoms with Crippen molar-refractivity contribution < 1.29 is 24.6 Å². The van der Waals surface area contributed by atoms with Gasteiger partial charge in [-0.2, -0.15) is 0 Å². The van der Waals surface area contributed by atoms with E-state index in [1.165, 1.54) is 12.1 Å². The Balaban J connectivity index is 3.09. The zero-order valence-electron chi connectivity index (χ0n) is 10.5. The van der Waals surface area contributed by atoms with Gasteiger partial charge in [-0.1, -0.05) is 6.92 Å². The van der Waals surface area contributed by atoms with Crippen LogP contribution in [0.2, 0.25) is 0 Å². The van der Waals surface area contributed by atoms with Gasteiger partial charge >= 0.3 is 5.97 Å². The molecule has 0 aromatic heterocycles. The number of benzene rings is 1. The molecule has 0 unspecified atom stereocenters. The van der Waals surface area contributed by atoms with Crippen LogP contribution in [0.15, 0.2) is 18.2 Å². The minimum Gasteiger partial charge on any atom is -0.478 e. The molecule has 0 saturated heterocycles. The zero-order valence-corrected chi connectivity index (χ0v) is 10.5. The van der Waals surface area contributed by atoms with Crippen LogP contribution in [0.4, 0.5) is 5.69 Å². The number of carbonyl (C=O) groups is 3. The molecule has 6 nitrogen and oxygen atoms in total. The minimum atomic E-state index is -1.21. The summed E-state index contributed by atoms with van der Waals surface area (Å²) in [5, 5.41) is 20.3. The molecule has 3 N–H and O–H groups in total. The molecule has 0 spiro atoms. The van der Waals surface area contributed by atoms with E-state index in [0.717, 1.165) is 6.07 Å². The summed E-state index contributed by atoms with van der Waals surface area (Å²) < 4.78 is 0. The number of carboxylic acids is 1. The van der Waals surface area contributed by atoms with Crippen molar-refractivity contribution in [2.24, 2.45) is 0 Å². The highest BCUT2D eigenvalue weighted by atomic mass is 16.4. The van der Waals surface area contributed by atoms with Gasteiger partial charge in [0.1, 0.15) is 6.61 Å². The number of hydrogen-bond acceptors (Lipinski definition) is 4. The Morgan fingerprint density at radius 2 is 1.79 bits per heavy atom. The Morgan fingerprint density at radius 3 is 2.32 bits per heavy atom. The Hall–Kier alpha value is -2.21. The van der Waals surface area contributed by atoms with Crippen LogP contribution in [0.1, 0.15) is 40.5 Å². The highest BCUT2D eigenvalue weighted by molar-refractivity contribution is 6.02. The predicted octanol–water partition coefficient (Wildman–Crippen LogP) is 1.30. The molecule has 1 amide bonds. The number of aliphatic hydroxyl groups excluding tert-OH is 1. The number of carbonyl (C=O) groups excluding carboxylic acids is 2. The fourth-order valence-corrected chi connectivity index (χ4v) is 1.53. The Bertz CT molecular complexity index is 510. The molecule has 0 aliphatic heterocycles. The molecule has 0 aliphatic carbocycles. The molecule has 0 fully saturated rings. The standard InChI is InChI=1S/C13H15NO5/c1-2-3-12(17)14-10-5-8(11(16)7-15)4-9(6-10)13(18)19/h4-6,15H,2-3,7H2,1H3,(H,14,17)(H,18,19). The summed E-state index contributed by atoms with van der Waals surface area (Å²) >= 11 is 0. The highest BCUT2D eigenvalue weighted by Gasteiger charge is 2.12. The van der Waals surface area contributed by atoms with Crippen LogP contribution in [0.3, 0.4) is 0 Å². The van der Waals surface area contributed by atoms with Crippen molar-refractivity contribution in [1.82, 2.24) is 0 Å². The van der Waals surface area contributed by atoms with Crippen molar-refractivity contribution in [1.29, 1.82) is 0 Å². The second kappa shape index (κ2) is 6.65. The van der Waals surface area contributed by atoms with Gasteiger partial charge in [0.15, 0.2) is 5.78 Å². The number of carboxylic acid groups (broad SMARTS) is 1. The SMILES string of the molecule is CCCC(=O)Nc1cc(C(=O)O)cc(C(=O)CO)c1. The molecule has 1 rings (SSSR count). The third kappa shape index (κ3) is 4.18. The summed E-state index contributed by atoms with van der Waals surface area (Å²) in [6, 6.07) is 3.78. The Morgan fingerprint density at radius 1 is 1.16 bits per heavy atom. The van der Waals surface area contributed by atoms with Crippen molar-refractivity contribution in [3.8, 4) is 0 Å². The number of hydrogen-bond donors (Lipinski definition) is 3. The van der Waals surface area contributed by atoms with Crippen LogP contribution in [0, 0.1) is 0 Å². The second-order valence-corrected chi connectivity index (χ2v) is 3.98. The maximum atomic E-state index is 11.5. The van der Waals surface area contributed by atoms with E-state index >= 15 is 0 Å². The molecular weight excluding hydrogens is 250 g/mol. The van der Waals surface area contributed by atoms with Gasteiger partial charge in [-0.15, -0.1) is 0 Å². The number of amides is 1. The zero-order chi connectivity index (χ0) is 14.4. The van der Waals surface area contributed by atoms with E-state index in [1.54, 1.807) is 0 Å². The van der Waals surface area contributed by atoms with Gasteiger partial charge in [-0.05, 0) is 24.6 Å². The van der Waals surface area contributed by atoms with Gasteiger partial charge in [0.2, 0.25) is 5.91 Å². The summed E-state index contributed by atoms with van der Waals surface area (Å²) in [6.07, 6.45) is 0.966. The Kier molecular flexibility index (Phi) is 5.20. The minimum absolute atomic E-state index is 0.0502. The van der Waals surface area contributed by atoms with Crippen LogP contribution >= 0.6 is 0 Å². The molecular formula is C13H15NO5. The number of aromatic carboxylic acids is 1. The predicted molar refractivity (Wildman–Crippen MR) is 68.4 cm³/mol. The van der Waals surface area contributed by atoms with Crippen molar-refractivity contribution >= 4 is 23.3 Å². The normalized spacial score (nSPS) is 10.0. The number of aliphatic hydroxyl groups is 1. The van der Waals surface area contributed by atoms with Gasteiger partial charge in [0, 0.05) is 17.7 Å². The lowest BCUT2D eigenvalue weighted by Crippen LogP contribution is -2.13. The first-order chi connectivity index (χ1) is 8.97. The van der Waals surface area contributed by atoms with Crippen molar-refractivity contribution in [2.45, 2.75) is 19.8 Å². The van der Waals surface area contributed by atoms with E-state index in [4.69, 9.17) is 10.2 Å². The highest BCUT2D eigenvalue weighted by Crippen LogP contribution is 2.16. The molecule has 1 aromatic carbocycles. The summed E-state index contributed by atoms with van der Waals surface area (Å²) in [5.41, 5.74) is 0.162. The van der Waals surface area contributed by atoms with Gasteiger partial charge in [0.05, 0.1) is 5.56 Å². The number of ketones is 1. The van der Waals surface area contributed by atoms with Crippen LogP contribution in [0.5, 0.6) is 0 Å². The third-order valence-electron chi connectivity index (χ3n) is 2.41. The van der Waals surface area contributed by atoms with Crippen LogP contribution in [-0.4, -0.2) is 34.5 Å². The fraction of sp³-hybridized carbons (Fsp3) is 0.308. The first-order valence-electron chi connectivity index (χ1n) is 5.80. The smallest absolute Gasteiger partial charge is 0.335 e.